The highest BCUT2D eigenvalue weighted by molar-refractivity contribution is 7.95. The normalized spacial score (nSPS) is 17.2. The maximum Gasteiger partial charge on any atom is 0.243 e. The van der Waals surface area contributed by atoms with Gasteiger partial charge in [0, 0.05) is 13.0 Å². The Morgan fingerprint density at radius 2 is 1.94 bits per heavy atom. The van der Waals surface area contributed by atoms with Gasteiger partial charge in [0.25, 0.3) is 0 Å². The molecule has 0 fully saturated rings. The summed E-state index contributed by atoms with van der Waals surface area (Å²) in [5.41, 5.74) is 0.768. The second kappa shape index (κ2) is 8.83. The van der Waals surface area contributed by atoms with Gasteiger partial charge in [0.05, 0.1) is 5.02 Å². The maximum absolute atomic E-state index is 13.0. The van der Waals surface area contributed by atoms with Gasteiger partial charge in [-0.1, -0.05) is 40.1 Å². The number of fused-ring (bicyclic) bond motifs is 1. The van der Waals surface area contributed by atoms with Gasteiger partial charge in [-0.15, -0.1) is 14.9 Å². The van der Waals surface area contributed by atoms with Crippen LogP contribution < -0.4 is 10.0 Å². The Balaban J connectivity index is 1.44. The Labute approximate surface area is 184 Å². The first-order valence-corrected chi connectivity index (χ1v) is 11.4. The van der Waals surface area contributed by atoms with Crippen LogP contribution in [0.1, 0.15) is 29.7 Å². The van der Waals surface area contributed by atoms with Crippen molar-refractivity contribution in [2.24, 2.45) is 0 Å². The number of halogens is 2. The average molecular weight is 464 g/mol. The van der Waals surface area contributed by atoms with Gasteiger partial charge in [0.1, 0.15) is 24.2 Å². The highest BCUT2D eigenvalue weighted by atomic mass is 35.5. The van der Waals surface area contributed by atoms with E-state index in [9.17, 15) is 17.9 Å². The molecule has 1 aliphatic rings. The Morgan fingerprint density at radius 1 is 1.19 bits per heavy atom. The molecule has 31 heavy (non-hydrogen) atoms. The van der Waals surface area contributed by atoms with Gasteiger partial charge in [0.2, 0.25) is 5.91 Å². The van der Waals surface area contributed by atoms with Crippen LogP contribution in [-0.4, -0.2) is 25.2 Å². The SMILES string of the molecule is O=C(NCc1ccc(F)cc1)C1CCc2nnc(CN[S+](=O)([O-])c3ccccc3Cl)n21. The summed E-state index contributed by atoms with van der Waals surface area (Å²) >= 11 is 6.00. The van der Waals surface area contributed by atoms with E-state index in [0.29, 0.717) is 24.5 Å². The topological polar surface area (TPSA) is 112 Å². The minimum atomic E-state index is -3.87. The van der Waals surface area contributed by atoms with E-state index in [1.807, 2.05) is 0 Å². The van der Waals surface area contributed by atoms with Gasteiger partial charge in [-0.05, 0) is 36.2 Å². The number of carbonyl (C=O) groups is 1. The Morgan fingerprint density at radius 3 is 2.68 bits per heavy atom. The van der Waals surface area contributed by atoms with Crippen molar-refractivity contribution in [3.63, 3.8) is 0 Å². The largest absolute Gasteiger partial charge is 0.593 e. The minimum Gasteiger partial charge on any atom is -0.593 e. The molecule has 2 unspecified atom stereocenters. The minimum absolute atomic E-state index is 0.0357. The lowest BCUT2D eigenvalue weighted by Crippen LogP contribution is -2.34. The van der Waals surface area contributed by atoms with Crippen molar-refractivity contribution in [3.8, 4) is 0 Å². The van der Waals surface area contributed by atoms with Gasteiger partial charge in [-0.25, -0.2) is 4.39 Å². The first-order chi connectivity index (χ1) is 14.8. The second-order valence-electron chi connectivity index (χ2n) is 7.06. The van der Waals surface area contributed by atoms with E-state index >= 15 is 0 Å². The van der Waals surface area contributed by atoms with Gasteiger partial charge >= 0.3 is 0 Å². The van der Waals surface area contributed by atoms with Crippen LogP contribution in [0.2, 0.25) is 5.02 Å². The van der Waals surface area contributed by atoms with Crippen LogP contribution in [0.4, 0.5) is 4.39 Å². The molecule has 0 spiro atoms. The third-order valence-electron chi connectivity index (χ3n) is 5.02. The molecule has 8 nitrogen and oxygen atoms in total. The molecule has 1 aliphatic heterocycles. The van der Waals surface area contributed by atoms with Crippen LogP contribution in [-0.2, 0) is 38.9 Å². The van der Waals surface area contributed by atoms with Crippen molar-refractivity contribution >= 4 is 27.9 Å². The molecular formula is C20H19ClFN5O3S. The maximum atomic E-state index is 13.0. The summed E-state index contributed by atoms with van der Waals surface area (Å²) in [6.07, 6.45) is 1.09. The van der Waals surface area contributed by atoms with E-state index in [1.165, 1.54) is 24.3 Å². The number of carbonyl (C=O) groups excluding carboxylic acids is 1. The van der Waals surface area contributed by atoms with Gasteiger partial charge < -0.3 is 14.4 Å². The third kappa shape index (κ3) is 4.67. The quantitative estimate of drug-likeness (QED) is 0.523. The molecule has 0 radical (unpaired) electrons. The molecule has 0 aliphatic carbocycles. The van der Waals surface area contributed by atoms with Crippen LogP contribution in [0.25, 0.3) is 0 Å². The lowest BCUT2D eigenvalue weighted by molar-refractivity contribution is -0.124. The zero-order chi connectivity index (χ0) is 22.0. The van der Waals surface area contributed by atoms with Crippen molar-refractivity contribution in [1.82, 2.24) is 24.8 Å². The lowest BCUT2D eigenvalue weighted by Gasteiger charge is -2.18. The van der Waals surface area contributed by atoms with Crippen molar-refractivity contribution in [3.05, 3.63) is 76.6 Å². The van der Waals surface area contributed by atoms with Crippen LogP contribution in [0.3, 0.4) is 0 Å². The number of aromatic nitrogens is 3. The number of hydrogen-bond acceptors (Lipinski definition) is 5. The highest BCUT2D eigenvalue weighted by Crippen LogP contribution is 2.28. The summed E-state index contributed by atoms with van der Waals surface area (Å²) in [5.74, 6) is 0.376. The number of aryl methyl sites for hydroxylation is 1. The van der Waals surface area contributed by atoms with Gasteiger partial charge in [0.15, 0.2) is 21.1 Å². The van der Waals surface area contributed by atoms with Crippen molar-refractivity contribution < 1.29 is 17.9 Å². The van der Waals surface area contributed by atoms with Crippen molar-refractivity contribution in [2.45, 2.75) is 36.9 Å². The molecule has 162 valence electrons. The van der Waals surface area contributed by atoms with Gasteiger partial charge in [-0.3, -0.25) is 4.79 Å². The Hall–Kier alpha value is -2.66. The number of benzene rings is 2. The van der Waals surface area contributed by atoms with E-state index in [-0.39, 0.29) is 34.7 Å². The summed E-state index contributed by atoms with van der Waals surface area (Å²) in [6, 6.07) is 11.4. The zero-order valence-electron chi connectivity index (χ0n) is 16.3. The number of amides is 1. The van der Waals surface area contributed by atoms with E-state index < -0.39 is 16.4 Å². The van der Waals surface area contributed by atoms with E-state index in [2.05, 4.69) is 20.2 Å². The van der Waals surface area contributed by atoms with Crippen LogP contribution in [0.5, 0.6) is 0 Å². The standard InChI is InChI=1S/C20H19ClFN5O3S/c21-15-3-1-2-4-17(15)31(29,30)24-12-19-26-25-18-10-9-16(27(18)19)20(28)23-11-13-5-7-14(22)8-6-13/h1-8,16H,9-12H2,(H2-,23,24,28,29,30). The number of hydrogen-bond donors (Lipinski definition) is 2. The average Bonchev–Trinajstić information content (AvgIpc) is 3.34. The molecule has 1 amide bonds. The Bertz CT molecular complexity index is 1150. The molecule has 0 bridgehead atoms. The van der Waals surface area contributed by atoms with E-state index in [4.69, 9.17) is 11.6 Å². The van der Waals surface area contributed by atoms with E-state index in [1.54, 1.807) is 28.8 Å². The molecule has 2 aromatic carbocycles. The fraction of sp³-hybridized carbons (Fsp3) is 0.250. The summed E-state index contributed by atoms with van der Waals surface area (Å²) in [5, 5.41) is 11.1. The molecule has 2 atom stereocenters. The summed E-state index contributed by atoms with van der Waals surface area (Å²) in [7, 11) is -3.87. The fourth-order valence-corrected chi connectivity index (χ4v) is 4.96. The molecule has 3 aromatic rings. The molecule has 0 saturated carbocycles. The first-order valence-electron chi connectivity index (χ1n) is 9.54. The summed E-state index contributed by atoms with van der Waals surface area (Å²) in [4.78, 5) is 12.7. The van der Waals surface area contributed by atoms with Crippen molar-refractivity contribution in [2.75, 3.05) is 0 Å². The third-order valence-corrected chi connectivity index (χ3v) is 6.92. The fourth-order valence-electron chi connectivity index (χ4n) is 3.46. The number of rotatable bonds is 7. The molecule has 2 N–H and O–H groups in total. The molecule has 11 heteroatoms. The Kier molecular flexibility index (Phi) is 6.15. The number of nitrogens with one attached hydrogen (secondary N) is 2. The number of sulfonamides is 1. The van der Waals surface area contributed by atoms with Crippen molar-refractivity contribution in [1.29, 1.82) is 0 Å². The van der Waals surface area contributed by atoms with Crippen LogP contribution in [0.15, 0.2) is 53.4 Å². The number of nitrogens with zero attached hydrogens (tertiary/aromatic N) is 3. The van der Waals surface area contributed by atoms with Crippen LogP contribution >= 0.6 is 11.6 Å². The second-order valence-corrected chi connectivity index (χ2v) is 9.20. The van der Waals surface area contributed by atoms with E-state index in [0.717, 1.165) is 5.56 Å². The predicted molar refractivity (Wildman–Crippen MR) is 111 cm³/mol. The predicted octanol–water partition coefficient (Wildman–Crippen LogP) is 2.57. The monoisotopic (exact) mass is 463 g/mol. The summed E-state index contributed by atoms with van der Waals surface area (Å²) in [6.45, 7) is 0.115. The smallest absolute Gasteiger partial charge is 0.243 e. The zero-order valence-corrected chi connectivity index (χ0v) is 17.8. The molecule has 0 saturated heterocycles. The van der Waals surface area contributed by atoms with Crippen LogP contribution in [0, 0.1) is 5.82 Å². The first kappa shape index (κ1) is 21.6. The molecule has 2 heterocycles. The van der Waals surface area contributed by atoms with Gasteiger partial charge in [-0.2, -0.15) is 0 Å². The highest BCUT2D eigenvalue weighted by Gasteiger charge is 2.33. The molecular weight excluding hydrogens is 445 g/mol. The summed E-state index contributed by atoms with van der Waals surface area (Å²) < 4.78 is 42.3. The molecule has 1 aromatic heterocycles. The lowest BCUT2D eigenvalue weighted by atomic mass is 10.2. The molecule has 4 rings (SSSR count).